The van der Waals surface area contributed by atoms with E-state index in [-0.39, 0.29) is 11.8 Å². The fraction of sp³-hybridized carbons (Fsp3) is 0.263. The highest BCUT2D eigenvalue weighted by Crippen LogP contribution is 2.21. The van der Waals surface area contributed by atoms with Crippen molar-refractivity contribution in [3.05, 3.63) is 59.7 Å². The van der Waals surface area contributed by atoms with Crippen LogP contribution in [0.15, 0.2) is 48.5 Å². The number of ether oxygens (including phenoxy) is 2. The number of nitrogens with zero attached hydrogens (tertiary/aromatic N) is 1. The van der Waals surface area contributed by atoms with Crippen molar-refractivity contribution in [3.63, 3.8) is 0 Å². The molecule has 130 valence electrons. The Morgan fingerprint density at radius 3 is 2.40 bits per heavy atom. The Hall–Kier alpha value is -2.86. The second-order valence-corrected chi connectivity index (χ2v) is 5.63. The topological polar surface area (TPSA) is 67.9 Å². The second-order valence-electron chi connectivity index (χ2n) is 5.63. The summed E-state index contributed by atoms with van der Waals surface area (Å²) in [5.74, 6) is 0.533. The minimum Gasteiger partial charge on any atom is -0.497 e. The minimum atomic E-state index is -0.224. The predicted molar refractivity (Wildman–Crippen MR) is 94.3 cm³/mol. The number of amides is 2. The van der Waals surface area contributed by atoms with Crippen LogP contribution in [0.1, 0.15) is 15.9 Å². The average Bonchev–Trinajstić information content (AvgIpc) is 2.68. The smallest absolute Gasteiger partial charge is 0.322 e. The van der Waals surface area contributed by atoms with Gasteiger partial charge in [-0.1, -0.05) is 12.1 Å². The van der Waals surface area contributed by atoms with E-state index < -0.39 is 0 Å². The Kier molecular flexibility index (Phi) is 5.30. The molecular weight excluding hydrogens is 320 g/mol. The molecule has 0 aliphatic carbocycles. The zero-order valence-electron chi connectivity index (χ0n) is 14.0. The highest BCUT2D eigenvalue weighted by atomic mass is 16.5. The average molecular weight is 340 g/mol. The van der Waals surface area contributed by atoms with Crippen molar-refractivity contribution in [1.82, 2.24) is 4.90 Å². The molecule has 1 aliphatic rings. The van der Waals surface area contributed by atoms with Gasteiger partial charge in [0, 0.05) is 24.2 Å². The number of hydrogen-bond acceptors (Lipinski definition) is 4. The first-order chi connectivity index (χ1) is 12.2. The largest absolute Gasteiger partial charge is 0.497 e. The molecule has 1 saturated heterocycles. The van der Waals surface area contributed by atoms with E-state index in [2.05, 4.69) is 5.32 Å². The first-order valence-corrected chi connectivity index (χ1v) is 8.10. The molecule has 25 heavy (non-hydrogen) atoms. The van der Waals surface area contributed by atoms with Gasteiger partial charge < -0.3 is 19.7 Å². The van der Waals surface area contributed by atoms with E-state index >= 15 is 0 Å². The summed E-state index contributed by atoms with van der Waals surface area (Å²) in [6, 6.07) is 13.7. The summed E-state index contributed by atoms with van der Waals surface area (Å²) < 4.78 is 10.4. The second kappa shape index (κ2) is 7.81. The van der Waals surface area contributed by atoms with Crippen LogP contribution in [-0.2, 0) is 4.74 Å². The molecule has 2 amide bonds. The molecular formula is C19H20N2O4. The van der Waals surface area contributed by atoms with E-state index in [4.69, 9.17) is 9.47 Å². The zero-order chi connectivity index (χ0) is 17.6. The van der Waals surface area contributed by atoms with Crippen LogP contribution in [0.2, 0.25) is 0 Å². The number of rotatable bonds is 4. The van der Waals surface area contributed by atoms with Crippen LogP contribution < -0.4 is 10.1 Å². The standard InChI is InChI=1S/C19H20N2O4/c1-24-15-8-6-14(7-9-15)18(22)16-4-2-3-5-17(16)20-19(23)21-10-12-25-13-11-21/h2-9H,10-13H2,1H3,(H,20,23). The molecule has 0 radical (unpaired) electrons. The van der Waals surface area contributed by atoms with Crippen LogP contribution in [0.3, 0.4) is 0 Å². The molecule has 3 rings (SSSR count). The fourth-order valence-corrected chi connectivity index (χ4v) is 2.65. The van der Waals surface area contributed by atoms with Crippen LogP contribution in [0.25, 0.3) is 0 Å². The molecule has 1 fully saturated rings. The number of carbonyl (C=O) groups excluding carboxylic acids is 2. The van der Waals surface area contributed by atoms with Crippen molar-refractivity contribution in [3.8, 4) is 5.75 Å². The van der Waals surface area contributed by atoms with Gasteiger partial charge in [0.25, 0.3) is 0 Å². The van der Waals surface area contributed by atoms with Gasteiger partial charge in [0.15, 0.2) is 5.78 Å². The number of urea groups is 1. The third kappa shape index (κ3) is 3.97. The van der Waals surface area contributed by atoms with Gasteiger partial charge in [-0.3, -0.25) is 4.79 Å². The Balaban J connectivity index is 1.79. The summed E-state index contributed by atoms with van der Waals surface area (Å²) >= 11 is 0. The predicted octanol–water partition coefficient (Wildman–Crippen LogP) is 2.79. The molecule has 0 saturated carbocycles. The van der Waals surface area contributed by atoms with Crippen molar-refractivity contribution in [2.24, 2.45) is 0 Å². The minimum absolute atomic E-state index is 0.152. The van der Waals surface area contributed by atoms with Gasteiger partial charge in [-0.25, -0.2) is 4.79 Å². The third-order valence-corrected chi connectivity index (χ3v) is 4.06. The first kappa shape index (κ1) is 17.0. The van der Waals surface area contributed by atoms with E-state index in [1.807, 2.05) is 0 Å². The maximum Gasteiger partial charge on any atom is 0.322 e. The molecule has 1 heterocycles. The molecule has 0 atom stereocenters. The maximum absolute atomic E-state index is 12.8. The number of anilines is 1. The van der Waals surface area contributed by atoms with Gasteiger partial charge >= 0.3 is 6.03 Å². The quantitative estimate of drug-likeness (QED) is 0.869. The first-order valence-electron chi connectivity index (χ1n) is 8.10. The SMILES string of the molecule is COc1ccc(C(=O)c2ccccc2NC(=O)N2CCOCC2)cc1. The van der Waals surface area contributed by atoms with Crippen molar-refractivity contribution < 1.29 is 19.1 Å². The number of nitrogens with one attached hydrogen (secondary N) is 1. The lowest BCUT2D eigenvalue weighted by Gasteiger charge is -2.27. The lowest BCUT2D eigenvalue weighted by atomic mass is 10.0. The summed E-state index contributed by atoms with van der Waals surface area (Å²) in [6.45, 7) is 2.14. The van der Waals surface area contributed by atoms with Crippen LogP contribution in [-0.4, -0.2) is 50.1 Å². The number of methoxy groups -OCH3 is 1. The van der Waals surface area contributed by atoms with Crippen LogP contribution in [0.5, 0.6) is 5.75 Å². The number of carbonyl (C=O) groups is 2. The van der Waals surface area contributed by atoms with E-state index in [1.54, 1.807) is 60.5 Å². The van der Waals surface area contributed by atoms with Gasteiger partial charge in [-0.2, -0.15) is 0 Å². The van der Waals surface area contributed by atoms with Gasteiger partial charge in [0.2, 0.25) is 0 Å². The van der Waals surface area contributed by atoms with Crippen molar-refractivity contribution in [1.29, 1.82) is 0 Å². The third-order valence-electron chi connectivity index (χ3n) is 4.06. The number of ketones is 1. The van der Waals surface area contributed by atoms with Gasteiger partial charge in [0.05, 0.1) is 26.0 Å². The summed E-state index contributed by atoms with van der Waals surface area (Å²) in [4.78, 5) is 26.9. The summed E-state index contributed by atoms with van der Waals surface area (Å²) in [5.41, 5.74) is 1.49. The maximum atomic E-state index is 12.8. The van der Waals surface area contributed by atoms with E-state index in [0.717, 1.165) is 0 Å². The van der Waals surface area contributed by atoms with E-state index in [9.17, 15) is 9.59 Å². The molecule has 1 N–H and O–H groups in total. The molecule has 6 heteroatoms. The zero-order valence-corrected chi connectivity index (χ0v) is 14.0. The Morgan fingerprint density at radius 2 is 1.72 bits per heavy atom. The number of morpholine rings is 1. The normalized spacial score (nSPS) is 14.0. The lowest BCUT2D eigenvalue weighted by molar-refractivity contribution is 0.0564. The summed E-state index contributed by atoms with van der Waals surface area (Å²) in [6.07, 6.45) is 0. The molecule has 0 spiro atoms. The van der Waals surface area contributed by atoms with Gasteiger partial charge in [-0.05, 0) is 36.4 Å². The highest BCUT2D eigenvalue weighted by Gasteiger charge is 2.20. The van der Waals surface area contributed by atoms with Crippen LogP contribution >= 0.6 is 0 Å². The van der Waals surface area contributed by atoms with Gasteiger partial charge in [-0.15, -0.1) is 0 Å². The van der Waals surface area contributed by atoms with Crippen molar-refractivity contribution >= 4 is 17.5 Å². The van der Waals surface area contributed by atoms with E-state index in [0.29, 0.717) is 48.9 Å². The molecule has 2 aromatic rings. The molecule has 0 aromatic heterocycles. The number of benzene rings is 2. The molecule has 2 aromatic carbocycles. The number of para-hydroxylation sites is 1. The van der Waals surface area contributed by atoms with Crippen molar-refractivity contribution in [2.45, 2.75) is 0 Å². The molecule has 1 aliphatic heterocycles. The molecule has 0 unspecified atom stereocenters. The van der Waals surface area contributed by atoms with Crippen LogP contribution in [0, 0.1) is 0 Å². The number of hydrogen-bond donors (Lipinski definition) is 1. The Morgan fingerprint density at radius 1 is 1.04 bits per heavy atom. The summed E-state index contributed by atoms with van der Waals surface area (Å²) in [5, 5.41) is 2.84. The van der Waals surface area contributed by atoms with E-state index in [1.165, 1.54) is 0 Å². The molecule has 0 bridgehead atoms. The highest BCUT2D eigenvalue weighted by molar-refractivity contribution is 6.13. The lowest BCUT2D eigenvalue weighted by Crippen LogP contribution is -2.43. The van der Waals surface area contributed by atoms with Crippen LogP contribution in [0.4, 0.5) is 10.5 Å². The molecule has 6 nitrogen and oxygen atoms in total. The summed E-state index contributed by atoms with van der Waals surface area (Å²) in [7, 11) is 1.58. The van der Waals surface area contributed by atoms with Crippen molar-refractivity contribution in [2.75, 3.05) is 38.7 Å². The fourth-order valence-electron chi connectivity index (χ4n) is 2.65. The van der Waals surface area contributed by atoms with Gasteiger partial charge in [0.1, 0.15) is 5.75 Å². The Bertz CT molecular complexity index is 752. The monoisotopic (exact) mass is 340 g/mol. The Labute approximate surface area is 146 Å².